The number of carbonyl (C=O) groups is 1. The van der Waals surface area contributed by atoms with Crippen LogP contribution in [0, 0.1) is 22.9 Å². The Balaban J connectivity index is 2.15. The van der Waals surface area contributed by atoms with Crippen LogP contribution < -0.4 is 11.1 Å². The summed E-state index contributed by atoms with van der Waals surface area (Å²) in [6.45, 7) is 1.55. The Morgan fingerprint density at radius 3 is 2.86 bits per heavy atom. The van der Waals surface area contributed by atoms with E-state index < -0.39 is 16.6 Å². The number of benzene rings is 1. The van der Waals surface area contributed by atoms with Crippen molar-refractivity contribution in [3.05, 3.63) is 50.3 Å². The third-order valence-corrected chi connectivity index (χ3v) is 3.69. The van der Waals surface area contributed by atoms with Crippen molar-refractivity contribution in [3.63, 3.8) is 0 Å². The number of amides is 1. The number of nitro groups is 1. The van der Waals surface area contributed by atoms with E-state index in [1.54, 1.807) is 6.92 Å². The van der Waals surface area contributed by atoms with Gasteiger partial charge in [0.05, 0.1) is 16.7 Å². The van der Waals surface area contributed by atoms with Gasteiger partial charge in [-0.25, -0.2) is 9.37 Å². The molecule has 0 aliphatic heterocycles. The van der Waals surface area contributed by atoms with Crippen molar-refractivity contribution >= 4 is 28.1 Å². The minimum absolute atomic E-state index is 0.0906. The number of nitrogen functional groups attached to an aromatic ring is 1. The summed E-state index contributed by atoms with van der Waals surface area (Å²) in [6, 6.07) is 3.18. The normalized spacial score (nSPS) is 10.4. The fourth-order valence-electron chi connectivity index (χ4n) is 1.74. The summed E-state index contributed by atoms with van der Waals surface area (Å²) < 4.78 is 13.0. The lowest BCUT2D eigenvalue weighted by Gasteiger charge is -2.05. The third kappa shape index (κ3) is 3.31. The van der Waals surface area contributed by atoms with Crippen molar-refractivity contribution in [1.82, 2.24) is 10.3 Å². The summed E-state index contributed by atoms with van der Waals surface area (Å²) in [6.07, 6.45) is 0. The molecule has 21 heavy (non-hydrogen) atoms. The van der Waals surface area contributed by atoms with Crippen LogP contribution >= 0.6 is 11.3 Å². The smallest absolute Gasteiger partial charge is 0.277 e. The molecule has 0 aliphatic carbocycles. The van der Waals surface area contributed by atoms with Gasteiger partial charge >= 0.3 is 0 Å². The van der Waals surface area contributed by atoms with Crippen molar-refractivity contribution in [3.8, 4) is 0 Å². The topological polar surface area (TPSA) is 111 Å². The van der Waals surface area contributed by atoms with Crippen molar-refractivity contribution in [1.29, 1.82) is 0 Å². The fourth-order valence-corrected chi connectivity index (χ4v) is 2.49. The first-order valence-electron chi connectivity index (χ1n) is 5.82. The van der Waals surface area contributed by atoms with E-state index in [4.69, 9.17) is 5.73 Å². The number of nitrogens with two attached hydrogens (primary N) is 1. The number of hydrogen-bond acceptors (Lipinski definition) is 6. The van der Waals surface area contributed by atoms with E-state index in [0.717, 1.165) is 23.5 Å². The van der Waals surface area contributed by atoms with Gasteiger partial charge in [0.15, 0.2) is 5.13 Å². The molecule has 2 aromatic rings. The lowest BCUT2D eigenvalue weighted by molar-refractivity contribution is -0.385. The lowest BCUT2D eigenvalue weighted by atomic mass is 10.1. The van der Waals surface area contributed by atoms with Gasteiger partial charge in [0.1, 0.15) is 10.7 Å². The highest BCUT2D eigenvalue weighted by atomic mass is 32.1. The molecule has 1 amide bonds. The second-order valence-electron chi connectivity index (χ2n) is 4.18. The molecule has 0 fully saturated rings. The molecule has 0 radical (unpaired) electrons. The summed E-state index contributed by atoms with van der Waals surface area (Å²) in [5.41, 5.74) is 5.82. The first-order chi connectivity index (χ1) is 9.88. The SMILES string of the molecule is Cc1nc(N)sc1C(=O)NCc1ccc(F)cc1[N+](=O)[O-]. The number of nitrogens with one attached hydrogen (secondary N) is 1. The molecule has 0 bridgehead atoms. The van der Waals surface area contributed by atoms with Gasteiger partial charge in [-0.2, -0.15) is 0 Å². The number of aromatic nitrogens is 1. The van der Waals surface area contributed by atoms with Gasteiger partial charge in [-0.15, -0.1) is 0 Å². The molecule has 7 nitrogen and oxygen atoms in total. The van der Waals surface area contributed by atoms with Gasteiger partial charge in [-0.3, -0.25) is 14.9 Å². The number of halogens is 1. The molecule has 9 heteroatoms. The van der Waals surface area contributed by atoms with Gasteiger partial charge < -0.3 is 11.1 Å². The van der Waals surface area contributed by atoms with E-state index >= 15 is 0 Å². The van der Waals surface area contributed by atoms with Crippen molar-refractivity contribution < 1.29 is 14.1 Å². The zero-order valence-electron chi connectivity index (χ0n) is 10.9. The molecule has 0 unspecified atom stereocenters. The van der Waals surface area contributed by atoms with E-state index in [2.05, 4.69) is 10.3 Å². The van der Waals surface area contributed by atoms with Gasteiger partial charge in [-0.05, 0) is 19.1 Å². The largest absolute Gasteiger partial charge is 0.375 e. The Labute approximate surface area is 122 Å². The predicted molar refractivity (Wildman–Crippen MR) is 75.5 cm³/mol. The highest BCUT2D eigenvalue weighted by Crippen LogP contribution is 2.21. The van der Waals surface area contributed by atoms with Crippen LogP contribution in [-0.4, -0.2) is 15.8 Å². The van der Waals surface area contributed by atoms with Crippen LogP contribution in [-0.2, 0) is 6.54 Å². The first kappa shape index (κ1) is 14.9. The average molecular weight is 310 g/mol. The molecular weight excluding hydrogens is 299 g/mol. The molecule has 0 aliphatic rings. The third-order valence-electron chi connectivity index (χ3n) is 2.70. The highest BCUT2D eigenvalue weighted by Gasteiger charge is 2.18. The Bertz CT molecular complexity index is 717. The molecule has 1 aromatic carbocycles. The minimum Gasteiger partial charge on any atom is -0.375 e. The second kappa shape index (κ2) is 5.83. The zero-order chi connectivity index (χ0) is 15.6. The van der Waals surface area contributed by atoms with Gasteiger partial charge in [0.2, 0.25) is 0 Å². The van der Waals surface area contributed by atoms with E-state index in [-0.39, 0.29) is 22.9 Å². The average Bonchev–Trinajstić information content (AvgIpc) is 2.75. The zero-order valence-corrected chi connectivity index (χ0v) is 11.7. The molecular formula is C12H11FN4O3S. The Morgan fingerprint density at radius 1 is 1.57 bits per heavy atom. The first-order valence-corrected chi connectivity index (χ1v) is 6.64. The number of nitrogens with zero attached hydrogens (tertiary/aromatic N) is 2. The molecule has 110 valence electrons. The number of hydrogen-bond donors (Lipinski definition) is 2. The van der Waals surface area contributed by atoms with E-state index in [0.29, 0.717) is 10.6 Å². The summed E-state index contributed by atoms with van der Waals surface area (Å²) in [5.74, 6) is -1.14. The number of aryl methyl sites for hydroxylation is 1. The molecule has 2 rings (SSSR count). The van der Waals surface area contributed by atoms with Crippen LogP contribution in [0.25, 0.3) is 0 Å². The lowest BCUT2D eigenvalue weighted by Crippen LogP contribution is -2.23. The second-order valence-corrected chi connectivity index (χ2v) is 5.21. The molecule has 0 spiro atoms. The molecule has 3 N–H and O–H groups in total. The Hall–Kier alpha value is -2.55. The fraction of sp³-hybridized carbons (Fsp3) is 0.167. The van der Waals surface area contributed by atoms with Gasteiger partial charge in [0, 0.05) is 12.1 Å². The Morgan fingerprint density at radius 2 is 2.29 bits per heavy atom. The number of nitro benzene ring substituents is 1. The van der Waals surface area contributed by atoms with Crippen LogP contribution in [0.2, 0.25) is 0 Å². The van der Waals surface area contributed by atoms with Crippen molar-refractivity contribution in [2.45, 2.75) is 13.5 Å². The summed E-state index contributed by atoms with van der Waals surface area (Å²) >= 11 is 1.03. The summed E-state index contributed by atoms with van der Waals surface area (Å²) in [4.78, 5) is 26.4. The molecule has 0 atom stereocenters. The maximum absolute atomic E-state index is 13.0. The van der Waals surface area contributed by atoms with Crippen molar-refractivity contribution in [2.24, 2.45) is 0 Å². The molecule has 1 heterocycles. The summed E-state index contributed by atoms with van der Waals surface area (Å²) in [5, 5.41) is 13.6. The van der Waals surface area contributed by atoms with Crippen LogP contribution in [0.3, 0.4) is 0 Å². The number of rotatable bonds is 4. The maximum Gasteiger partial charge on any atom is 0.277 e. The number of thiazole rings is 1. The monoisotopic (exact) mass is 310 g/mol. The maximum atomic E-state index is 13.0. The predicted octanol–water partition coefficient (Wildman–Crippen LogP) is 2.01. The standard InChI is InChI=1S/C12H11FN4O3S/c1-6-10(21-12(14)16-6)11(18)15-5-7-2-3-8(13)4-9(7)17(19)20/h2-4H,5H2,1H3,(H2,14,16)(H,15,18). The van der Waals surface area contributed by atoms with E-state index in [1.807, 2.05) is 0 Å². The molecule has 0 saturated carbocycles. The van der Waals surface area contributed by atoms with Gasteiger partial charge in [0.25, 0.3) is 11.6 Å². The van der Waals surface area contributed by atoms with Crippen LogP contribution in [0.5, 0.6) is 0 Å². The summed E-state index contributed by atoms with van der Waals surface area (Å²) in [7, 11) is 0. The minimum atomic E-state index is -0.706. The van der Waals surface area contributed by atoms with Crippen LogP contribution in [0.4, 0.5) is 15.2 Å². The Kier molecular flexibility index (Phi) is 4.13. The van der Waals surface area contributed by atoms with Crippen LogP contribution in [0.15, 0.2) is 18.2 Å². The van der Waals surface area contributed by atoms with E-state index in [9.17, 15) is 19.3 Å². The quantitative estimate of drug-likeness (QED) is 0.663. The van der Waals surface area contributed by atoms with E-state index in [1.165, 1.54) is 6.07 Å². The number of anilines is 1. The number of carbonyl (C=O) groups excluding carboxylic acids is 1. The molecule has 1 aromatic heterocycles. The molecule has 0 saturated heterocycles. The highest BCUT2D eigenvalue weighted by molar-refractivity contribution is 7.17. The van der Waals surface area contributed by atoms with Gasteiger partial charge in [-0.1, -0.05) is 11.3 Å². The van der Waals surface area contributed by atoms with Crippen molar-refractivity contribution in [2.75, 3.05) is 5.73 Å². The van der Waals surface area contributed by atoms with Crippen LogP contribution in [0.1, 0.15) is 20.9 Å².